The van der Waals surface area contributed by atoms with Crippen LogP contribution in [0.5, 0.6) is 0 Å². The molecule has 3 heterocycles. The maximum atomic E-state index is 5.72. The average Bonchev–Trinajstić information content (AvgIpc) is 2.76. The normalized spacial score (nSPS) is 9.89. The fourth-order valence-electron chi connectivity index (χ4n) is 1.31. The molecule has 0 fully saturated rings. The molecule has 4 nitrogen and oxygen atoms in total. The van der Waals surface area contributed by atoms with Crippen molar-refractivity contribution in [2.45, 2.75) is 0 Å². The zero-order chi connectivity index (χ0) is 13.0. The molecule has 6 heteroatoms. The topological polar surface area (TPSA) is 56.2 Å². The Bertz CT molecular complexity index is 634. The van der Waals surface area contributed by atoms with Crippen LogP contribution in [0.25, 0.3) is 5.65 Å². The number of aromatic nitrogens is 3. The average molecular weight is 281 g/mol. The summed E-state index contributed by atoms with van der Waals surface area (Å²) in [6, 6.07) is 6.93. The minimum atomic E-state index is 0.456. The second-order valence-electron chi connectivity index (χ2n) is 3.44. The first-order chi connectivity index (χ1) is 8.65. The first-order valence-electron chi connectivity index (χ1n) is 5.10. The molecule has 2 N–H and O–H groups in total. The second kappa shape index (κ2) is 5.71. The van der Waals surface area contributed by atoms with E-state index in [1.807, 2.05) is 28.9 Å². The minimum Gasteiger partial charge on any atom is -0.384 e. The van der Waals surface area contributed by atoms with Gasteiger partial charge in [-0.05, 0) is 24.3 Å². The van der Waals surface area contributed by atoms with E-state index < -0.39 is 0 Å². The van der Waals surface area contributed by atoms with Crippen molar-refractivity contribution in [3.63, 3.8) is 0 Å². The van der Waals surface area contributed by atoms with Crippen molar-refractivity contribution in [1.29, 1.82) is 0 Å². The van der Waals surface area contributed by atoms with Crippen molar-refractivity contribution >= 4 is 34.7 Å². The molecular formula is C12H10Cl2N4. The van der Waals surface area contributed by atoms with E-state index >= 15 is 0 Å². The van der Waals surface area contributed by atoms with Gasteiger partial charge in [-0.15, -0.1) is 0 Å². The molecule has 3 aromatic rings. The summed E-state index contributed by atoms with van der Waals surface area (Å²) in [5, 5.41) is 1.34. The summed E-state index contributed by atoms with van der Waals surface area (Å²) in [7, 11) is 0. The van der Waals surface area contributed by atoms with Gasteiger partial charge in [-0.25, -0.2) is 9.97 Å². The molecule has 0 aromatic carbocycles. The van der Waals surface area contributed by atoms with E-state index in [1.54, 1.807) is 24.5 Å². The number of hydrogen-bond acceptors (Lipinski definition) is 3. The van der Waals surface area contributed by atoms with Gasteiger partial charge in [0, 0.05) is 34.8 Å². The lowest BCUT2D eigenvalue weighted by atomic mass is 10.5. The van der Waals surface area contributed by atoms with Crippen LogP contribution in [-0.2, 0) is 0 Å². The van der Waals surface area contributed by atoms with Crippen molar-refractivity contribution < 1.29 is 0 Å². The molecule has 18 heavy (non-hydrogen) atoms. The number of fused-ring (bicyclic) bond motifs is 1. The van der Waals surface area contributed by atoms with Crippen LogP contribution in [0.1, 0.15) is 0 Å². The Hall–Kier alpha value is -1.78. The molecule has 0 spiro atoms. The van der Waals surface area contributed by atoms with Gasteiger partial charge in [-0.1, -0.05) is 23.2 Å². The van der Waals surface area contributed by atoms with Gasteiger partial charge in [0.2, 0.25) is 0 Å². The van der Waals surface area contributed by atoms with Crippen LogP contribution in [0.15, 0.2) is 49.1 Å². The number of halogens is 2. The first kappa shape index (κ1) is 12.7. The summed E-state index contributed by atoms with van der Waals surface area (Å²) < 4.78 is 1.91. The van der Waals surface area contributed by atoms with Gasteiger partial charge in [0.05, 0.1) is 0 Å². The zero-order valence-corrected chi connectivity index (χ0v) is 10.8. The third-order valence-electron chi connectivity index (χ3n) is 2.10. The molecule has 0 saturated carbocycles. The number of rotatable bonds is 0. The fourth-order valence-corrected chi connectivity index (χ4v) is 1.63. The van der Waals surface area contributed by atoms with Gasteiger partial charge >= 0.3 is 0 Å². The highest BCUT2D eigenvalue weighted by molar-refractivity contribution is 6.31. The Morgan fingerprint density at radius 3 is 2.39 bits per heavy atom. The highest BCUT2D eigenvalue weighted by Crippen LogP contribution is 2.09. The Balaban J connectivity index is 0.000000138. The summed E-state index contributed by atoms with van der Waals surface area (Å²) in [5.74, 6) is 0.456. The fraction of sp³-hybridized carbons (Fsp3) is 0. The Morgan fingerprint density at radius 1 is 0.944 bits per heavy atom. The summed E-state index contributed by atoms with van der Waals surface area (Å²) in [6.45, 7) is 0. The van der Waals surface area contributed by atoms with Crippen molar-refractivity contribution in [3.8, 4) is 0 Å². The lowest BCUT2D eigenvalue weighted by Crippen LogP contribution is -1.86. The zero-order valence-electron chi connectivity index (χ0n) is 9.29. The van der Waals surface area contributed by atoms with Crippen molar-refractivity contribution in [1.82, 2.24) is 14.4 Å². The molecule has 0 bridgehead atoms. The van der Waals surface area contributed by atoms with Crippen LogP contribution in [-0.4, -0.2) is 14.4 Å². The van der Waals surface area contributed by atoms with Crippen LogP contribution in [0.2, 0.25) is 10.0 Å². The molecular weight excluding hydrogens is 271 g/mol. The number of hydrogen-bond donors (Lipinski definition) is 1. The number of nitrogens with zero attached hydrogens (tertiary/aromatic N) is 3. The molecule has 3 aromatic heterocycles. The van der Waals surface area contributed by atoms with E-state index in [4.69, 9.17) is 28.9 Å². The SMILES string of the molecule is Clc1ccn2ccnc2c1.Nc1cc(Cl)ccn1. The lowest BCUT2D eigenvalue weighted by molar-refractivity contribution is 1.19. The molecule has 0 radical (unpaired) electrons. The highest BCUT2D eigenvalue weighted by Gasteiger charge is 1.91. The summed E-state index contributed by atoms with van der Waals surface area (Å²) in [5.41, 5.74) is 6.14. The largest absolute Gasteiger partial charge is 0.384 e. The van der Waals surface area contributed by atoms with Crippen molar-refractivity contribution in [2.24, 2.45) is 0 Å². The smallest absolute Gasteiger partial charge is 0.138 e. The van der Waals surface area contributed by atoms with Gasteiger partial charge < -0.3 is 10.1 Å². The van der Waals surface area contributed by atoms with E-state index in [0.29, 0.717) is 10.8 Å². The Kier molecular flexibility index (Phi) is 4.02. The van der Waals surface area contributed by atoms with Crippen LogP contribution in [0.4, 0.5) is 5.82 Å². The summed E-state index contributed by atoms with van der Waals surface area (Å²) in [6.07, 6.45) is 7.07. The van der Waals surface area contributed by atoms with Gasteiger partial charge in [-0.2, -0.15) is 0 Å². The number of nitrogens with two attached hydrogens (primary N) is 1. The summed E-state index contributed by atoms with van der Waals surface area (Å²) in [4.78, 5) is 7.79. The monoisotopic (exact) mass is 280 g/mol. The molecule has 3 rings (SSSR count). The predicted molar refractivity (Wildman–Crippen MR) is 73.9 cm³/mol. The first-order valence-corrected chi connectivity index (χ1v) is 5.86. The standard InChI is InChI=1S/C7H5ClN2.C5H5ClN2/c8-6-1-3-10-4-2-9-7(10)5-6;6-4-1-2-8-5(7)3-4/h1-5H;1-3H,(H2,7,8). The van der Waals surface area contributed by atoms with E-state index in [2.05, 4.69) is 9.97 Å². The maximum absolute atomic E-state index is 5.72. The molecule has 0 aliphatic carbocycles. The molecule has 0 aliphatic heterocycles. The van der Waals surface area contributed by atoms with Gasteiger partial charge in [0.25, 0.3) is 0 Å². The molecule has 0 saturated heterocycles. The Labute approximate surface area is 114 Å². The number of pyridine rings is 2. The number of nitrogen functional groups attached to an aromatic ring is 1. The lowest BCUT2D eigenvalue weighted by Gasteiger charge is -1.91. The van der Waals surface area contributed by atoms with Crippen LogP contribution in [0.3, 0.4) is 0 Å². The predicted octanol–water partition coefficient (Wildman–Crippen LogP) is 3.30. The van der Waals surface area contributed by atoms with E-state index in [1.165, 1.54) is 0 Å². The second-order valence-corrected chi connectivity index (χ2v) is 4.31. The van der Waals surface area contributed by atoms with Crippen LogP contribution >= 0.6 is 23.2 Å². The van der Waals surface area contributed by atoms with Crippen molar-refractivity contribution in [2.75, 3.05) is 5.73 Å². The van der Waals surface area contributed by atoms with Gasteiger partial charge in [-0.3, -0.25) is 0 Å². The van der Waals surface area contributed by atoms with Crippen LogP contribution < -0.4 is 5.73 Å². The minimum absolute atomic E-state index is 0.456. The number of anilines is 1. The van der Waals surface area contributed by atoms with Gasteiger partial charge in [0.1, 0.15) is 11.5 Å². The highest BCUT2D eigenvalue weighted by atomic mass is 35.5. The molecule has 0 atom stereocenters. The molecule has 92 valence electrons. The number of imidazole rings is 1. The quantitative estimate of drug-likeness (QED) is 0.687. The summed E-state index contributed by atoms with van der Waals surface area (Å²) >= 11 is 11.2. The maximum Gasteiger partial charge on any atom is 0.138 e. The Morgan fingerprint density at radius 2 is 1.72 bits per heavy atom. The van der Waals surface area contributed by atoms with Gasteiger partial charge in [0.15, 0.2) is 0 Å². The molecule has 0 aliphatic rings. The third kappa shape index (κ3) is 3.35. The third-order valence-corrected chi connectivity index (χ3v) is 2.57. The van der Waals surface area contributed by atoms with Crippen molar-refractivity contribution in [3.05, 3.63) is 59.1 Å². The van der Waals surface area contributed by atoms with E-state index in [-0.39, 0.29) is 0 Å². The van der Waals surface area contributed by atoms with E-state index in [0.717, 1.165) is 10.7 Å². The molecule has 0 unspecified atom stereocenters. The van der Waals surface area contributed by atoms with Crippen LogP contribution in [0, 0.1) is 0 Å². The van der Waals surface area contributed by atoms with E-state index in [9.17, 15) is 0 Å². The molecule has 0 amide bonds.